The molecule has 1 N–H and O–H groups in total. The number of esters is 1. The fraction of sp³-hybridized carbons (Fsp3) is 0.862. The molecule has 0 aromatic rings. The number of rotatable bonds is 6. The third-order valence-corrected chi connectivity index (χ3v) is 10.6. The highest BCUT2D eigenvalue weighted by atomic mass is 16.6. The van der Waals surface area contributed by atoms with E-state index in [1.54, 1.807) is 0 Å². The van der Waals surface area contributed by atoms with E-state index in [0.717, 1.165) is 38.5 Å². The molecule has 4 nitrogen and oxygen atoms in total. The lowest BCUT2D eigenvalue weighted by atomic mass is 9.46. The topological polar surface area (TPSA) is 63.6 Å². The number of hydrogen-bond acceptors (Lipinski definition) is 4. The number of allylic oxidation sites excluding steroid dienone is 1. The first kappa shape index (κ1) is 24.9. The Morgan fingerprint density at radius 1 is 1.12 bits per heavy atom. The molecule has 186 valence electrons. The van der Waals surface area contributed by atoms with E-state index in [4.69, 9.17) is 4.74 Å². The van der Waals surface area contributed by atoms with E-state index >= 15 is 0 Å². The Hall–Kier alpha value is -1.16. The Morgan fingerprint density at radius 3 is 2.52 bits per heavy atom. The van der Waals surface area contributed by atoms with Crippen molar-refractivity contribution in [3.63, 3.8) is 0 Å². The van der Waals surface area contributed by atoms with Gasteiger partial charge in [-0.1, -0.05) is 33.3 Å². The van der Waals surface area contributed by atoms with Crippen LogP contribution < -0.4 is 0 Å². The van der Waals surface area contributed by atoms with Gasteiger partial charge in [0.15, 0.2) is 5.78 Å². The van der Waals surface area contributed by atoms with E-state index in [-0.39, 0.29) is 22.7 Å². The van der Waals surface area contributed by atoms with Crippen LogP contribution in [0.2, 0.25) is 0 Å². The second-order valence-corrected chi connectivity index (χ2v) is 12.9. The number of ketones is 1. The first-order valence-electron chi connectivity index (χ1n) is 13.5. The molecule has 0 radical (unpaired) electrons. The fourth-order valence-electron chi connectivity index (χ4n) is 8.90. The number of carbonyl (C=O) groups excluding carboxylic acids is 2. The van der Waals surface area contributed by atoms with Gasteiger partial charge in [-0.25, -0.2) is 0 Å². The first-order chi connectivity index (χ1) is 15.4. The third-order valence-electron chi connectivity index (χ3n) is 10.6. The van der Waals surface area contributed by atoms with Crippen LogP contribution in [0, 0.1) is 40.4 Å². The van der Waals surface area contributed by atoms with Gasteiger partial charge < -0.3 is 9.84 Å². The molecule has 0 heterocycles. The van der Waals surface area contributed by atoms with Crippen molar-refractivity contribution < 1.29 is 19.4 Å². The van der Waals surface area contributed by atoms with E-state index < -0.39 is 11.7 Å². The van der Waals surface area contributed by atoms with Crippen LogP contribution in [-0.2, 0) is 14.3 Å². The largest absolute Gasteiger partial charge is 0.459 e. The molecular formula is C29H46O4. The lowest BCUT2D eigenvalue weighted by molar-refractivity contribution is -0.183. The highest BCUT2D eigenvalue weighted by molar-refractivity contribution is 5.91. The normalized spacial score (nSPS) is 40.8. The van der Waals surface area contributed by atoms with Gasteiger partial charge in [0.05, 0.1) is 0 Å². The average Bonchev–Trinajstić information content (AvgIpc) is 3.09. The number of carbonyl (C=O) groups is 2. The van der Waals surface area contributed by atoms with E-state index in [1.807, 2.05) is 13.0 Å². The van der Waals surface area contributed by atoms with Crippen molar-refractivity contribution in [1.82, 2.24) is 0 Å². The molecule has 3 unspecified atom stereocenters. The summed E-state index contributed by atoms with van der Waals surface area (Å²) in [5, 5.41) is 12.0. The average molecular weight is 459 g/mol. The van der Waals surface area contributed by atoms with Crippen molar-refractivity contribution in [3.05, 3.63) is 11.6 Å². The smallest absolute Gasteiger partial charge is 0.303 e. The predicted octanol–water partition coefficient (Wildman–Crippen LogP) is 6.25. The molecule has 4 heteroatoms. The highest BCUT2D eigenvalue weighted by Gasteiger charge is 2.62. The van der Waals surface area contributed by atoms with Crippen LogP contribution in [0.5, 0.6) is 0 Å². The molecule has 33 heavy (non-hydrogen) atoms. The molecule has 8 atom stereocenters. The van der Waals surface area contributed by atoms with Gasteiger partial charge in [-0.15, -0.1) is 0 Å². The molecule has 0 bridgehead atoms. The van der Waals surface area contributed by atoms with Crippen molar-refractivity contribution in [3.8, 4) is 0 Å². The first-order valence-corrected chi connectivity index (χ1v) is 13.5. The molecule has 4 aliphatic rings. The van der Waals surface area contributed by atoms with Crippen molar-refractivity contribution in [2.45, 2.75) is 117 Å². The summed E-state index contributed by atoms with van der Waals surface area (Å²) in [6.45, 7) is 12.6. The van der Waals surface area contributed by atoms with Gasteiger partial charge in [-0.05, 0) is 111 Å². The quantitative estimate of drug-likeness (QED) is 0.478. The van der Waals surface area contributed by atoms with E-state index in [0.29, 0.717) is 42.3 Å². The minimum absolute atomic E-state index is 0.0724. The van der Waals surface area contributed by atoms with Crippen molar-refractivity contribution in [2.75, 3.05) is 0 Å². The van der Waals surface area contributed by atoms with Crippen LogP contribution in [-0.4, -0.2) is 28.6 Å². The third kappa shape index (κ3) is 4.23. The van der Waals surface area contributed by atoms with E-state index in [2.05, 4.69) is 27.7 Å². The molecule has 0 aromatic carbocycles. The molecule has 3 saturated carbocycles. The van der Waals surface area contributed by atoms with Crippen molar-refractivity contribution in [1.29, 1.82) is 0 Å². The van der Waals surface area contributed by atoms with Gasteiger partial charge in [0.1, 0.15) is 11.7 Å². The molecular weight excluding hydrogens is 412 g/mol. The van der Waals surface area contributed by atoms with Crippen molar-refractivity contribution in [2.24, 2.45) is 40.4 Å². The summed E-state index contributed by atoms with van der Waals surface area (Å²) in [4.78, 5) is 24.0. The van der Waals surface area contributed by atoms with Crippen LogP contribution in [0.1, 0.15) is 106 Å². The van der Waals surface area contributed by atoms with Gasteiger partial charge in [0.2, 0.25) is 0 Å². The minimum Gasteiger partial charge on any atom is -0.459 e. The molecule has 0 aromatic heterocycles. The summed E-state index contributed by atoms with van der Waals surface area (Å²) in [5.74, 6) is 2.60. The summed E-state index contributed by atoms with van der Waals surface area (Å²) in [5.41, 5.74) is 0.644. The SMILES string of the molecule is CC(=O)O[C@H](CCC(C)C)[C@](C)(O)[C@H]1CCC2C3CCC4=CC(=O)CC[C@]4(C)C3CC[C@@]21C. The van der Waals surface area contributed by atoms with Crippen molar-refractivity contribution >= 4 is 11.8 Å². The summed E-state index contributed by atoms with van der Waals surface area (Å²) < 4.78 is 5.78. The van der Waals surface area contributed by atoms with Gasteiger partial charge in [0.25, 0.3) is 0 Å². The van der Waals surface area contributed by atoms with E-state index in [9.17, 15) is 14.7 Å². The summed E-state index contributed by atoms with van der Waals surface area (Å²) in [7, 11) is 0. The van der Waals surface area contributed by atoms with Crippen LogP contribution in [0.15, 0.2) is 11.6 Å². The summed E-state index contributed by atoms with van der Waals surface area (Å²) in [6, 6.07) is 0. The number of hydrogen-bond donors (Lipinski definition) is 1. The molecule has 0 saturated heterocycles. The maximum absolute atomic E-state index is 12.1. The Morgan fingerprint density at radius 2 is 1.85 bits per heavy atom. The maximum atomic E-state index is 12.1. The monoisotopic (exact) mass is 458 g/mol. The molecule has 0 amide bonds. The Bertz CT molecular complexity index is 810. The standard InChI is InChI=1S/C29H46O4/c1-18(2)7-12-26(33-19(3)30)29(6,32)25-11-10-23-22-9-8-20-17-21(31)13-15-27(20,4)24(22)14-16-28(23,25)5/h17-18,22-26,32H,7-16H2,1-6H3/t22?,23?,24?,25-,26+,27-,28-,29+/m0/s1. The molecule has 4 aliphatic carbocycles. The molecule has 0 aliphatic heterocycles. The molecule has 0 spiro atoms. The zero-order valence-electron chi connectivity index (χ0n) is 21.8. The van der Waals surface area contributed by atoms with Gasteiger partial charge in [-0.3, -0.25) is 9.59 Å². The molecule has 3 fully saturated rings. The van der Waals surface area contributed by atoms with E-state index in [1.165, 1.54) is 25.3 Å². The maximum Gasteiger partial charge on any atom is 0.303 e. The summed E-state index contributed by atoms with van der Waals surface area (Å²) in [6.07, 6.45) is 11.6. The van der Waals surface area contributed by atoms with Crippen LogP contribution >= 0.6 is 0 Å². The zero-order chi connectivity index (χ0) is 24.2. The minimum atomic E-state index is -1.02. The number of aliphatic hydroxyl groups is 1. The van der Waals surface area contributed by atoms with Crippen LogP contribution in [0.4, 0.5) is 0 Å². The number of fused-ring (bicyclic) bond motifs is 5. The van der Waals surface area contributed by atoms with Gasteiger partial charge in [0, 0.05) is 13.3 Å². The van der Waals surface area contributed by atoms with Crippen LogP contribution in [0.3, 0.4) is 0 Å². The highest BCUT2D eigenvalue weighted by Crippen LogP contribution is 2.68. The fourth-order valence-corrected chi connectivity index (χ4v) is 8.90. The Balaban J connectivity index is 1.58. The lowest BCUT2D eigenvalue weighted by Crippen LogP contribution is -2.56. The summed E-state index contributed by atoms with van der Waals surface area (Å²) >= 11 is 0. The Kier molecular flexibility index (Phi) is 6.66. The Labute approximate surface area is 200 Å². The van der Waals surface area contributed by atoms with Gasteiger partial charge in [-0.2, -0.15) is 0 Å². The second-order valence-electron chi connectivity index (χ2n) is 12.9. The lowest BCUT2D eigenvalue weighted by Gasteiger charge is -2.59. The predicted molar refractivity (Wildman–Crippen MR) is 130 cm³/mol. The number of ether oxygens (including phenoxy) is 1. The zero-order valence-corrected chi connectivity index (χ0v) is 21.8. The second kappa shape index (κ2) is 8.81. The molecule has 4 rings (SSSR count). The van der Waals surface area contributed by atoms with Gasteiger partial charge >= 0.3 is 5.97 Å². The van der Waals surface area contributed by atoms with Crippen LogP contribution in [0.25, 0.3) is 0 Å².